The van der Waals surface area contributed by atoms with Crippen LogP contribution in [0.25, 0.3) is 11.1 Å². The van der Waals surface area contributed by atoms with Gasteiger partial charge in [-0.25, -0.2) is 17.9 Å². The van der Waals surface area contributed by atoms with Gasteiger partial charge in [0.05, 0.1) is 10.4 Å². The first-order chi connectivity index (χ1) is 9.47. The van der Waals surface area contributed by atoms with E-state index in [0.29, 0.717) is 12.1 Å². The van der Waals surface area contributed by atoms with E-state index >= 15 is 0 Å². The smallest absolute Gasteiger partial charge is 0.408 e. The van der Waals surface area contributed by atoms with Crippen LogP contribution >= 0.6 is 0 Å². The molecule has 1 saturated heterocycles. The number of rotatable bonds is 3. The molecule has 0 amide bonds. The molecular weight excluding hydrogens is 282 g/mol. The standard InChI is InChI=1S/C12H15N3O4S/c1-15-10-3-2-9(6-11(10)19-12(15)16)20(17,18)14-8-4-5-13-7-8/h2-3,6,8,13-14H,4-5,7H2,1H3/t8-/m1/s1. The van der Waals surface area contributed by atoms with E-state index in [-0.39, 0.29) is 16.5 Å². The van der Waals surface area contributed by atoms with E-state index < -0.39 is 15.8 Å². The minimum absolute atomic E-state index is 0.0986. The van der Waals surface area contributed by atoms with E-state index in [0.717, 1.165) is 13.0 Å². The first-order valence-electron chi connectivity index (χ1n) is 6.30. The summed E-state index contributed by atoms with van der Waals surface area (Å²) in [5, 5.41) is 3.10. The van der Waals surface area contributed by atoms with Gasteiger partial charge in [-0.3, -0.25) is 4.57 Å². The molecule has 0 aliphatic carbocycles. The summed E-state index contributed by atoms with van der Waals surface area (Å²) in [5.74, 6) is -0.512. The van der Waals surface area contributed by atoms with Gasteiger partial charge < -0.3 is 9.73 Å². The Bertz CT molecular complexity index is 800. The van der Waals surface area contributed by atoms with Crippen molar-refractivity contribution >= 4 is 21.1 Å². The van der Waals surface area contributed by atoms with Crippen molar-refractivity contribution in [2.45, 2.75) is 17.4 Å². The average molecular weight is 297 g/mol. The fraction of sp³-hybridized carbons (Fsp3) is 0.417. The van der Waals surface area contributed by atoms with Gasteiger partial charge in [0.2, 0.25) is 10.0 Å². The molecule has 1 aliphatic rings. The molecule has 2 heterocycles. The number of benzene rings is 1. The van der Waals surface area contributed by atoms with Gasteiger partial charge in [0.1, 0.15) is 0 Å². The maximum atomic E-state index is 12.3. The van der Waals surface area contributed by atoms with Gasteiger partial charge in [0, 0.05) is 25.7 Å². The highest BCUT2D eigenvalue weighted by Crippen LogP contribution is 2.18. The zero-order valence-corrected chi connectivity index (χ0v) is 11.7. The number of hydrogen-bond acceptors (Lipinski definition) is 5. The van der Waals surface area contributed by atoms with Crippen molar-refractivity contribution in [3.05, 3.63) is 28.7 Å². The SMILES string of the molecule is Cn1c(=O)oc2cc(S(=O)(=O)N[C@@H]3CCNC3)ccc21. The van der Waals surface area contributed by atoms with Crippen molar-refractivity contribution in [1.29, 1.82) is 0 Å². The van der Waals surface area contributed by atoms with Crippen LogP contribution in [0.5, 0.6) is 0 Å². The molecule has 0 unspecified atom stereocenters. The van der Waals surface area contributed by atoms with Crippen LogP contribution in [0.2, 0.25) is 0 Å². The summed E-state index contributed by atoms with van der Waals surface area (Å²) in [5.41, 5.74) is 0.835. The number of nitrogens with zero attached hydrogens (tertiary/aromatic N) is 1. The van der Waals surface area contributed by atoms with Gasteiger partial charge in [-0.05, 0) is 25.1 Å². The minimum Gasteiger partial charge on any atom is -0.408 e. The van der Waals surface area contributed by atoms with E-state index in [1.807, 2.05) is 0 Å². The fourth-order valence-electron chi connectivity index (χ4n) is 2.32. The summed E-state index contributed by atoms with van der Waals surface area (Å²) in [4.78, 5) is 11.5. The van der Waals surface area contributed by atoms with Crippen LogP contribution in [-0.4, -0.2) is 32.1 Å². The van der Waals surface area contributed by atoms with Crippen LogP contribution in [0.3, 0.4) is 0 Å². The van der Waals surface area contributed by atoms with Crippen LogP contribution in [0.1, 0.15) is 6.42 Å². The van der Waals surface area contributed by atoms with Crippen molar-refractivity contribution in [2.24, 2.45) is 7.05 Å². The summed E-state index contributed by atoms with van der Waals surface area (Å²) in [7, 11) is -2.03. The molecule has 0 radical (unpaired) electrons. The van der Waals surface area contributed by atoms with Gasteiger partial charge in [-0.1, -0.05) is 0 Å². The summed E-state index contributed by atoms with van der Waals surface area (Å²) in [6, 6.07) is 4.32. The molecule has 2 aromatic rings. The third-order valence-electron chi connectivity index (χ3n) is 3.46. The van der Waals surface area contributed by atoms with Crippen LogP contribution in [0.15, 0.2) is 32.3 Å². The molecule has 1 aromatic carbocycles. The van der Waals surface area contributed by atoms with E-state index in [4.69, 9.17) is 4.42 Å². The Morgan fingerprint density at radius 1 is 1.45 bits per heavy atom. The lowest BCUT2D eigenvalue weighted by Gasteiger charge is -2.11. The van der Waals surface area contributed by atoms with E-state index in [1.165, 1.54) is 16.7 Å². The fourth-order valence-corrected chi connectivity index (χ4v) is 3.61. The second-order valence-electron chi connectivity index (χ2n) is 4.87. The third kappa shape index (κ3) is 2.26. The molecule has 1 fully saturated rings. The Balaban J connectivity index is 1.98. The monoisotopic (exact) mass is 297 g/mol. The number of fused-ring (bicyclic) bond motifs is 1. The Labute approximate surface area is 115 Å². The predicted octanol–water partition coefficient (Wildman–Crippen LogP) is -0.228. The van der Waals surface area contributed by atoms with Crippen LogP contribution in [-0.2, 0) is 17.1 Å². The molecule has 0 spiro atoms. The highest BCUT2D eigenvalue weighted by Gasteiger charge is 2.23. The van der Waals surface area contributed by atoms with Crippen LogP contribution in [0, 0.1) is 0 Å². The third-order valence-corrected chi connectivity index (χ3v) is 4.97. The lowest BCUT2D eigenvalue weighted by molar-refractivity contribution is 0.527. The second-order valence-corrected chi connectivity index (χ2v) is 6.58. The number of hydrogen-bond donors (Lipinski definition) is 2. The molecule has 0 bridgehead atoms. The number of nitrogens with one attached hydrogen (secondary N) is 2. The molecule has 20 heavy (non-hydrogen) atoms. The van der Waals surface area contributed by atoms with Crippen LogP contribution in [0.4, 0.5) is 0 Å². The average Bonchev–Trinajstić information content (AvgIpc) is 2.98. The highest BCUT2D eigenvalue weighted by atomic mass is 32.2. The molecular formula is C12H15N3O4S. The Morgan fingerprint density at radius 2 is 2.25 bits per heavy atom. The number of aryl methyl sites for hydroxylation is 1. The molecule has 7 nitrogen and oxygen atoms in total. The molecule has 0 saturated carbocycles. The normalized spacial score (nSPS) is 19.8. The molecule has 2 N–H and O–H groups in total. The maximum Gasteiger partial charge on any atom is 0.419 e. The Hall–Kier alpha value is -1.64. The predicted molar refractivity (Wildman–Crippen MR) is 73.1 cm³/mol. The van der Waals surface area contributed by atoms with Gasteiger partial charge >= 0.3 is 5.76 Å². The number of sulfonamides is 1. The van der Waals surface area contributed by atoms with Crippen molar-refractivity contribution in [3.8, 4) is 0 Å². The molecule has 8 heteroatoms. The van der Waals surface area contributed by atoms with Crippen molar-refractivity contribution in [1.82, 2.24) is 14.6 Å². The number of oxazole rings is 1. The summed E-state index contributed by atoms with van der Waals surface area (Å²) in [6.45, 7) is 1.43. The topological polar surface area (TPSA) is 93.3 Å². The Morgan fingerprint density at radius 3 is 2.95 bits per heavy atom. The highest BCUT2D eigenvalue weighted by molar-refractivity contribution is 7.89. The summed E-state index contributed by atoms with van der Waals surface area (Å²) in [6.07, 6.45) is 0.766. The van der Waals surface area contributed by atoms with Crippen molar-refractivity contribution in [2.75, 3.05) is 13.1 Å². The summed E-state index contributed by atoms with van der Waals surface area (Å²) < 4.78 is 33.5. The molecule has 1 aliphatic heterocycles. The molecule has 3 rings (SSSR count). The Kier molecular flexibility index (Phi) is 3.15. The lowest BCUT2D eigenvalue weighted by atomic mass is 10.3. The lowest BCUT2D eigenvalue weighted by Crippen LogP contribution is -2.36. The van der Waals surface area contributed by atoms with Gasteiger partial charge in [-0.2, -0.15) is 0 Å². The van der Waals surface area contributed by atoms with Gasteiger partial charge in [0.25, 0.3) is 0 Å². The molecule has 108 valence electrons. The first kappa shape index (κ1) is 13.3. The van der Waals surface area contributed by atoms with Crippen molar-refractivity contribution < 1.29 is 12.8 Å². The van der Waals surface area contributed by atoms with E-state index in [2.05, 4.69) is 10.0 Å². The molecule has 1 atom stereocenters. The van der Waals surface area contributed by atoms with Gasteiger partial charge in [-0.15, -0.1) is 0 Å². The minimum atomic E-state index is -3.60. The zero-order chi connectivity index (χ0) is 14.3. The largest absolute Gasteiger partial charge is 0.419 e. The molecule has 1 aromatic heterocycles. The summed E-state index contributed by atoms with van der Waals surface area (Å²) >= 11 is 0. The quantitative estimate of drug-likeness (QED) is 0.816. The van der Waals surface area contributed by atoms with E-state index in [9.17, 15) is 13.2 Å². The van der Waals surface area contributed by atoms with E-state index in [1.54, 1.807) is 13.1 Å². The second kappa shape index (κ2) is 4.72. The zero-order valence-electron chi connectivity index (χ0n) is 10.9. The van der Waals surface area contributed by atoms with Gasteiger partial charge in [0.15, 0.2) is 5.58 Å². The maximum absolute atomic E-state index is 12.3. The van der Waals surface area contributed by atoms with Crippen molar-refractivity contribution in [3.63, 3.8) is 0 Å². The number of aromatic nitrogens is 1. The van der Waals surface area contributed by atoms with Crippen LogP contribution < -0.4 is 15.8 Å². The first-order valence-corrected chi connectivity index (χ1v) is 7.78.